The van der Waals surface area contributed by atoms with E-state index in [4.69, 9.17) is 23.2 Å². The monoisotopic (exact) mass is 585 g/mol. The molecule has 0 saturated heterocycles. The predicted octanol–water partition coefficient (Wildman–Crippen LogP) is 7.21. The van der Waals surface area contributed by atoms with Gasteiger partial charge in [0, 0.05) is 38.5 Å². The second-order valence-corrected chi connectivity index (χ2v) is 9.37. The van der Waals surface area contributed by atoms with Crippen LogP contribution in [0.15, 0.2) is 109 Å². The number of para-hydroxylation sites is 1. The third kappa shape index (κ3) is 7.54. The van der Waals surface area contributed by atoms with E-state index in [1.165, 1.54) is 60.7 Å². The minimum atomic E-state index is -0.722. The lowest BCUT2D eigenvalue weighted by Gasteiger charge is -2.12. The van der Waals surface area contributed by atoms with Crippen molar-refractivity contribution in [3.8, 4) is 0 Å². The van der Waals surface area contributed by atoms with E-state index in [0.717, 1.165) is 0 Å². The summed E-state index contributed by atoms with van der Waals surface area (Å²) in [6.45, 7) is 0. The molecule has 0 saturated carbocycles. The van der Waals surface area contributed by atoms with Crippen LogP contribution in [0.25, 0.3) is 12.2 Å². The van der Waals surface area contributed by atoms with Crippen LogP contribution < -0.4 is 10.6 Å². The van der Waals surface area contributed by atoms with Gasteiger partial charge in [-0.1, -0.05) is 59.6 Å². The van der Waals surface area contributed by atoms with Gasteiger partial charge in [0.05, 0.1) is 10.5 Å². The number of carbonyl (C=O) groups is 3. The van der Waals surface area contributed by atoms with Gasteiger partial charge in [-0.25, -0.2) is 0 Å². The number of carbonyl (C=O) groups excluding carboxylic acids is 3. The van der Waals surface area contributed by atoms with Crippen LogP contribution in [0.3, 0.4) is 0 Å². The second-order valence-electron chi connectivity index (χ2n) is 8.56. The average molecular weight is 586 g/mol. The van der Waals surface area contributed by atoms with Crippen molar-refractivity contribution in [2.75, 3.05) is 5.32 Å². The first-order valence-corrected chi connectivity index (χ1v) is 12.9. The molecule has 10 heteroatoms. The average Bonchev–Trinajstić information content (AvgIpc) is 2.97. The predicted molar refractivity (Wildman–Crippen MR) is 160 cm³/mol. The van der Waals surface area contributed by atoms with E-state index in [-0.39, 0.29) is 22.7 Å². The van der Waals surface area contributed by atoms with Gasteiger partial charge in [0.25, 0.3) is 17.5 Å². The quantitative estimate of drug-likeness (QED) is 0.0930. The molecule has 0 radical (unpaired) electrons. The largest absolute Gasteiger partial charge is 0.321 e. The van der Waals surface area contributed by atoms with Gasteiger partial charge in [-0.3, -0.25) is 24.5 Å². The van der Waals surface area contributed by atoms with Gasteiger partial charge in [-0.15, -0.1) is 0 Å². The van der Waals surface area contributed by atoms with Crippen molar-refractivity contribution < 1.29 is 19.3 Å². The van der Waals surface area contributed by atoms with Crippen molar-refractivity contribution in [3.63, 3.8) is 0 Å². The molecule has 0 fully saturated rings. The standard InChI is InChI=1S/C31H21Cl2N3O5/c32-25-10-6-11-26(33)24(25)17-18-29(37)20-13-15-23(16-14-20)34-31(39)27(35-30(38)21-7-2-1-3-8-21)19-22-9-4-5-12-28(22)36(40)41/h1-19H,(H,34,39)(H,35,38)/b18-17+,27-19-. The number of ketones is 1. The van der Waals surface area contributed by atoms with Crippen molar-refractivity contribution in [1.29, 1.82) is 0 Å². The highest BCUT2D eigenvalue weighted by Gasteiger charge is 2.18. The minimum absolute atomic E-state index is 0.127. The van der Waals surface area contributed by atoms with Crippen molar-refractivity contribution in [3.05, 3.63) is 151 Å². The molecule has 0 aliphatic rings. The number of nitro groups is 1. The first kappa shape index (κ1) is 28.9. The summed E-state index contributed by atoms with van der Waals surface area (Å²) in [4.78, 5) is 49.6. The lowest BCUT2D eigenvalue weighted by atomic mass is 10.1. The molecule has 0 unspecified atom stereocenters. The van der Waals surface area contributed by atoms with E-state index in [0.29, 0.717) is 32.4 Å². The van der Waals surface area contributed by atoms with E-state index in [1.807, 2.05) is 0 Å². The Morgan fingerprint density at radius 2 is 1.39 bits per heavy atom. The molecule has 41 heavy (non-hydrogen) atoms. The number of anilines is 1. The zero-order valence-electron chi connectivity index (χ0n) is 21.2. The van der Waals surface area contributed by atoms with Gasteiger partial charge in [0.15, 0.2) is 5.78 Å². The molecule has 0 aliphatic carbocycles. The molecule has 0 aliphatic heterocycles. The Hall–Kier alpha value is -5.05. The van der Waals surface area contributed by atoms with Crippen molar-refractivity contribution in [2.45, 2.75) is 0 Å². The van der Waals surface area contributed by atoms with Crippen LogP contribution in [0.4, 0.5) is 11.4 Å². The number of hydrogen-bond acceptors (Lipinski definition) is 5. The molecular weight excluding hydrogens is 565 g/mol. The fraction of sp³-hybridized carbons (Fsp3) is 0. The summed E-state index contributed by atoms with van der Waals surface area (Å²) in [6, 6.07) is 25.1. The molecular formula is C31H21Cl2N3O5. The van der Waals surface area contributed by atoms with E-state index >= 15 is 0 Å². The number of nitro benzene ring substituents is 1. The molecule has 0 spiro atoms. The summed E-state index contributed by atoms with van der Waals surface area (Å²) < 4.78 is 0. The molecule has 8 nitrogen and oxygen atoms in total. The van der Waals surface area contributed by atoms with Gasteiger partial charge < -0.3 is 10.6 Å². The van der Waals surface area contributed by atoms with Crippen molar-refractivity contribution in [2.24, 2.45) is 0 Å². The Morgan fingerprint density at radius 3 is 2.05 bits per heavy atom. The van der Waals surface area contributed by atoms with Crippen LogP contribution in [0, 0.1) is 10.1 Å². The summed E-state index contributed by atoms with van der Waals surface area (Å²) >= 11 is 12.3. The molecule has 4 rings (SSSR count). The maximum Gasteiger partial charge on any atom is 0.276 e. The normalized spacial score (nSPS) is 11.2. The molecule has 2 N–H and O–H groups in total. The molecule has 0 bridgehead atoms. The maximum atomic E-state index is 13.2. The smallest absolute Gasteiger partial charge is 0.276 e. The lowest BCUT2D eigenvalue weighted by molar-refractivity contribution is -0.385. The molecule has 0 heterocycles. The molecule has 204 valence electrons. The first-order chi connectivity index (χ1) is 19.7. The fourth-order valence-electron chi connectivity index (χ4n) is 3.72. The number of benzene rings is 4. The topological polar surface area (TPSA) is 118 Å². The van der Waals surface area contributed by atoms with Crippen LogP contribution in [-0.4, -0.2) is 22.5 Å². The Kier molecular flexibility index (Phi) is 9.42. The molecule has 2 amide bonds. The number of allylic oxidation sites excluding steroid dienone is 1. The van der Waals surface area contributed by atoms with Crippen LogP contribution in [-0.2, 0) is 4.79 Å². The molecule has 0 aromatic heterocycles. The highest BCUT2D eigenvalue weighted by atomic mass is 35.5. The Bertz CT molecular complexity index is 1660. The number of hydrogen-bond donors (Lipinski definition) is 2. The lowest BCUT2D eigenvalue weighted by Crippen LogP contribution is -2.30. The molecule has 4 aromatic rings. The third-order valence-electron chi connectivity index (χ3n) is 5.79. The summed E-state index contributed by atoms with van der Waals surface area (Å²) in [5, 5.41) is 17.5. The first-order valence-electron chi connectivity index (χ1n) is 12.1. The summed E-state index contributed by atoms with van der Waals surface area (Å²) in [5.41, 5.74) is 1.16. The number of rotatable bonds is 9. The second kappa shape index (κ2) is 13.3. The van der Waals surface area contributed by atoms with Crippen molar-refractivity contribution in [1.82, 2.24) is 5.32 Å². The van der Waals surface area contributed by atoms with Gasteiger partial charge in [0.1, 0.15) is 5.70 Å². The number of nitrogens with zero attached hydrogens (tertiary/aromatic N) is 1. The van der Waals surface area contributed by atoms with E-state index < -0.39 is 16.7 Å². The Balaban J connectivity index is 1.55. The maximum absolute atomic E-state index is 13.2. The molecule has 4 aromatic carbocycles. The number of nitrogens with one attached hydrogen (secondary N) is 2. The fourth-order valence-corrected chi connectivity index (χ4v) is 4.24. The molecule has 0 atom stereocenters. The zero-order valence-corrected chi connectivity index (χ0v) is 22.7. The SMILES string of the molecule is O=C(Nc1ccc(C(=O)/C=C/c2c(Cl)cccc2Cl)cc1)/C(=C/c1ccccc1[N+](=O)[O-])NC(=O)c1ccccc1. The number of amides is 2. The summed E-state index contributed by atoms with van der Waals surface area (Å²) in [7, 11) is 0. The third-order valence-corrected chi connectivity index (χ3v) is 6.45. The van der Waals surface area contributed by atoms with E-state index in [2.05, 4.69) is 10.6 Å². The van der Waals surface area contributed by atoms with Crippen molar-refractivity contribution >= 4 is 64.3 Å². The zero-order chi connectivity index (χ0) is 29.4. The van der Waals surface area contributed by atoms with Crippen LogP contribution in [0.1, 0.15) is 31.8 Å². The van der Waals surface area contributed by atoms with E-state index in [9.17, 15) is 24.5 Å². The summed E-state index contributed by atoms with van der Waals surface area (Å²) in [6.07, 6.45) is 4.10. The van der Waals surface area contributed by atoms with E-state index in [1.54, 1.807) is 54.6 Å². The van der Waals surface area contributed by atoms with Gasteiger partial charge >= 0.3 is 0 Å². The van der Waals surface area contributed by atoms with Crippen LogP contribution >= 0.6 is 23.2 Å². The summed E-state index contributed by atoms with van der Waals surface area (Å²) in [5.74, 6) is -1.61. The highest BCUT2D eigenvalue weighted by molar-refractivity contribution is 6.37. The van der Waals surface area contributed by atoms with Crippen LogP contribution in [0.5, 0.6) is 0 Å². The Labute approximate surface area is 245 Å². The Morgan fingerprint density at radius 1 is 0.756 bits per heavy atom. The van der Waals surface area contributed by atoms with Gasteiger partial charge in [-0.05, 0) is 72.8 Å². The van der Waals surface area contributed by atoms with Gasteiger partial charge in [-0.2, -0.15) is 0 Å². The minimum Gasteiger partial charge on any atom is -0.321 e. The van der Waals surface area contributed by atoms with Gasteiger partial charge in [0.2, 0.25) is 0 Å². The van der Waals surface area contributed by atoms with Crippen LogP contribution in [0.2, 0.25) is 10.0 Å². The highest BCUT2D eigenvalue weighted by Crippen LogP contribution is 2.26. The number of halogens is 2.